The molecule has 134 valence electrons. The standard InChI is InChI=1S/C20H32N2O2/c1-7-24-19-16(12-14(2)13-17(19)20(4,5)6)18(23)15(3)22-10-8-21-9-11-22/h12-13,15,21H,7-11H2,1-6H3. The maximum Gasteiger partial charge on any atom is 0.183 e. The number of hydrogen-bond donors (Lipinski definition) is 1. The molecule has 0 aliphatic carbocycles. The fourth-order valence-corrected chi connectivity index (χ4v) is 3.27. The van der Waals surface area contributed by atoms with Crippen LogP contribution in [0.1, 0.15) is 56.1 Å². The number of nitrogens with one attached hydrogen (secondary N) is 1. The van der Waals surface area contributed by atoms with E-state index in [4.69, 9.17) is 4.74 Å². The minimum absolute atomic E-state index is 0.0656. The Labute approximate surface area is 146 Å². The lowest BCUT2D eigenvalue weighted by atomic mass is 9.83. The highest BCUT2D eigenvalue weighted by molar-refractivity contribution is 6.02. The zero-order valence-electron chi connectivity index (χ0n) is 16.0. The Bertz CT molecular complexity index is 584. The van der Waals surface area contributed by atoms with Crippen LogP contribution in [0.15, 0.2) is 12.1 Å². The van der Waals surface area contributed by atoms with Gasteiger partial charge in [-0.2, -0.15) is 0 Å². The van der Waals surface area contributed by atoms with Crippen LogP contribution in [0.2, 0.25) is 0 Å². The molecule has 0 amide bonds. The van der Waals surface area contributed by atoms with Crippen LogP contribution in [0.4, 0.5) is 0 Å². The lowest BCUT2D eigenvalue weighted by Crippen LogP contribution is -2.50. The van der Waals surface area contributed by atoms with E-state index in [2.05, 4.69) is 44.0 Å². The van der Waals surface area contributed by atoms with Crippen molar-refractivity contribution in [3.63, 3.8) is 0 Å². The van der Waals surface area contributed by atoms with E-state index in [1.165, 1.54) is 0 Å². The lowest BCUT2D eigenvalue weighted by Gasteiger charge is -2.33. The third-order valence-corrected chi connectivity index (χ3v) is 4.67. The van der Waals surface area contributed by atoms with Gasteiger partial charge in [0.25, 0.3) is 0 Å². The molecule has 1 aliphatic heterocycles. The van der Waals surface area contributed by atoms with E-state index in [1.54, 1.807) is 0 Å². The number of carbonyl (C=O) groups is 1. The van der Waals surface area contributed by atoms with Crippen LogP contribution in [0.3, 0.4) is 0 Å². The third kappa shape index (κ3) is 4.17. The summed E-state index contributed by atoms with van der Waals surface area (Å²) in [4.78, 5) is 15.5. The SMILES string of the molecule is CCOc1c(C(=O)C(C)N2CCNCC2)cc(C)cc1C(C)(C)C. The van der Waals surface area contributed by atoms with Crippen LogP contribution < -0.4 is 10.1 Å². The van der Waals surface area contributed by atoms with E-state index in [0.29, 0.717) is 6.61 Å². The summed E-state index contributed by atoms with van der Waals surface area (Å²) in [5.74, 6) is 0.928. The van der Waals surface area contributed by atoms with Crippen molar-refractivity contribution in [1.29, 1.82) is 0 Å². The van der Waals surface area contributed by atoms with E-state index >= 15 is 0 Å². The Morgan fingerprint density at radius 2 is 1.92 bits per heavy atom. The molecule has 4 nitrogen and oxygen atoms in total. The number of hydrogen-bond acceptors (Lipinski definition) is 4. The minimum Gasteiger partial charge on any atom is -0.493 e. The predicted molar refractivity (Wildman–Crippen MR) is 99.3 cm³/mol. The zero-order chi connectivity index (χ0) is 17.9. The molecule has 1 heterocycles. The van der Waals surface area contributed by atoms with Crippen molar-refractivity contribution in [2.45, 2.75) is 53.0 Å². The minimum atomic E-state index is -0.124. The average molecular weight is 332 g/mol. The monoisotopic (exact) mass is 332 g/mol. The van der Waals surface area contributed by atoms with Gasteiger partial charge in [0.1, 0.15) is 5.75 Å². The normalized spacial score (nSPS) is 17.6. The topological polar surface area (TPSA) is 41.6 Å². The number of piperazine rings is 1. The fourth-order valence-electron chi connectivity index (χ4n) is 3.27. The number of benzene rings is 1. The molecular formula is C20H32N2O2. The molecule has 1 N–H and O–H groups in total. The first-order valence-corrected chi connectivity index (χ1v) is 9.02. The Morgan fingerprint density at radius 3 is 2.46 bits per heavy atom. The van der Waals surface area contributed by atoms with Gasteiger partial charge < -0.3 is 10.1 Å². The summed E-state index contributed by atoms with van der Waals surface area (Å²) in [5.41, 5.74) is 2.89. The number of Topliss-reactive ketones (excluding diaryl/α,β-unsaturated/α-hetero) is 1. The van der Waals surface area contributed by atoms with Crippen molar-refractivity contribution in [3.8, 4) is 5.75 Å². The maximum atomic E-state index is 13.2. The zero-order valence-corrected chi connectivity index (χ0v) is 16.0. The van der Waals surface area contributed by atoms with Gasteiger partial charge in [-0.1, -0.05) is 26.8 Å². The van der Waals surface area contributed by atoms with Crippen LogP contribution in [-0.2, 0) is 5.41 Å². The number of ketones is 1. The quantitative estimate of drug-likeness (QED) is 0.841. The molecule has 24 heavy (non-hydrogen) atoms. The Kier molecular flexibility index (Phi) is 6.05. The molecule has 1 aromatic rings. The first kappa shape index (κ1) is 18.9. The van der Waals surface area contributed by atoms with Crippen molar-refractivity contribution in [1.82, 2.24) is 10.2 Å². The van der Waals surface area contributed by atoms with E-state index in [1.807, 2.05) is 19.9 Å². The largest absolute Gasteiger partial charge is 0.493 e. The molecule has 0 radical (unpaired) electrons. The molecule has 1 saturated heterocycles. The highest BCUT2D eigenvalue weighted by Crippen LogP contribution is 2.36. The molecule has 4 heteroatoms. The van der Waals surface area contributed by atoms with Crippen LogP contribution >= 0.6 is 0 Å². The smallest absolute Gasteiger partial charge is 0.183 e. The molecule has 0 spiro atoms. The van der Waals surface area contributed by atoms with Gasteiger partial charge >= 0.3 is 0 Å². The number of aryl methyl sites for hydroxylation is 1. The third-order valence-electron chi connectivity index (χ3n) is 4.67. The molecule has 1 aliphatic rings. The maximum absolute atomic E-state index is 13.2. The highest BCUT2D eigenvalue weighted by Gasteiger charge is 2.29. The number of ether oxygens (including phenoxy) is 1. The van der Waals surface area contributed by atoms with E-state index in [-0.39, 0.29) is 17.2 Å². The van der Waals surface area contributed by atoms with Crippen LogP contribution in [0.25, 0.3) is 0 Å². The average Bonchev–Trinajstić information content (AvgIpc) is 2.54. The fraction of sp³-hybridized carbons (Fsp3) is 0.650. The van der Waals surface area contributed by atoms with Crippen molar-refractivity contribution < 1.29 is 9.53 Å². The van der Waals surface area contributed by atoms with Crippen molar-refractivity contribution in [2.75, 3.05) is 32.8 Å². The van der Waals surface area contributed by atoms with E-state index < -0.39 is 0 Å². The first-order chi connectivity index (χ1) is 11.3. The summed E-state index contributed by atoms with van der Waals surface area (Å²) in [7, 11) is 0. The Morgan fingerprint density at radius 1 is 1.29 bits per heavy atom. The molecular weight excluding hydrogens is 300 g/mol. The number of carbonyl (C=O) groups excluding carboxylic acids is 1. The van der Waals surface area contributed by atoms with Gasteiger partial charge in [0.2, 0.25) is 0 Å². The predicted octanol–water partition coefficient (Wildman–Crippen LogP) is 3.17. The van der Waals surface area contributed by atoms with Gasteiger partial charge in [-0.15, -0.1) is 0 Å². The van der Waals surface area contributed by atoms with Crippen LogP contribution in [-0.4, -0.2) is 49.5 Å². The second-order valence-corrected chi connectivity index (χ2v) is 7.70. The lowest BCUT2D eigenvalue weighted by molar-refractivity contribution is 0.0816. The van der Waals surface area contributed by atoms with Gasteiger partial charge in [-0.05, 0) is 37.8 Å². The van der Waals surface area contributed by atoms with Crippen molar-refractivity contribution >= 4 is 5.78 Å². The highest BCUT2D eigenvalue weighted by atomic mass is 16.5. The molecule has 0 bridgehead atoms. The van der Waals surface area contributed by atoms with Gasteiger partial charge in [-0.3, -0.25) is 9.69 Å². The van der Waals surface area contributed by atoms with E-state index in [0.717, 1.165) is 48.6 Å². The summed E-state index contributed by atoms with van der Waals surface area (Å²) in [6.45, 7) is 16.8. The van der Waals surface area contributed by atoms with E-state index in [9.17, 15) is 4.79 Å². The van der Waals surface area contributed by atoms with Gasteiger partial charge in [0.05, 0.1) is 18.2 Å². The first-order valence-electron chi connectivity index (χ1n) is 9.02. The molecule has 2 rings (SSSR count). The Hall–Kier alpha value is -1.39. The molecule has 0 saturated carbocycles. The summed E-state index contributed by atoms with van der Waals surface area (Å²) in [5, 5.41) is 3.34. The van der Waals surface area contributed by atoms with Crippen LogP contribution in [0.5, 0.6) is 5.75 Å². The number of nitrogens with zero attached hydrogens (tertiary/aromatic N) is 1. The molecule has 1 atom stereocenters. The van der Waals surface area contributed by atoms with Gasteiger partial charge in [-0.25, -0.2) is 0 Å². The molecule has 1 unspecified atom stereocenters. The van der Waals surface area contributed by atoms with Gasteiger partial charge in [0.15, 0.2) is 5.78 Å². The van der Waals surface area contributed by atoms with Crippen molar-refractivity contribution in [3.05, 3.63) is 28.8 Å². The summed E-state index contributed by atoms with van der Waals surface area (Å²) < 4.78 is 5.96. The summed E-state index contributed by atoms with van der Waals surface area (Å²) in [6.07, 6.45) is 0. The second-order valence-electron chi connectivity index (χ2n) is 7.70. The Balaban J connectivity index is 2.43. The van der Waals surface area contributed by atoms with Crippen molar-refractivity contribution in [2.24, 2.45) is 0 Å². The van der Waals surface area contributed by atoms with Crippen LogP contribution in [0, 0.1) is 6.92 Å². The molecule has 1 fully saturated rings. The molecule has 0 aromatic heterocycles. The van der Waals surface area contributed by atoms with Gasteiger partial charge in [0, 0.05) is 31.7 Å². The number of rotatable bonds is 5. The summed E-state index contributed by atoms with van der Waals surface area (Å²) in [6, 6.07) is 4.01. The summed E-state index contributed by atoms with van der Waals surface area (Å²) >= 11 is 0. The molecule has 1 aromatic carbocycles. The second kappa shape index (κ2) is 7.66.